The minimum absolute atomic E-state index is 0.204. The maximum Gasteiger partial charge on any atom is 0.326 e. The average Bonchev–Trinajstić information content (AvgIpc) is 2.55. The highest BCUT2D eigenvalue weighted by Gasteiger charge is 2.10. The molecule has 0 atom stereocenters. The predicted octanol–water partition coefficient (Wildman–Crippen LogP) is 3.30. The molecule has 0 unspecified atom stereocenters. The van der Waals surface area contributed by atoms with Gasteiger partial charge >= 0.3 is 6.03 Å². The van der Waals surface area contributed by atoms with Crippen LogP contribution < -0.4 is 10.2 Å². The van der Waals surface area contributed by atoms with Crippen LogP contribution in [0, 0.1) is 0 Å². The van der Waals surface area contributed by atoms with Gasteiger partial charge in [-0.25, -0.2) is 4.79 Å². The second-order valence-electron chi connectivity index (χ2n) is 4.58. The number of carbonyl (C=O) groups is 1. The van der Waals surface area contributed by atoms with E-state index in [0.29, 0.717) is 5.69 Å². The van der Waals surface area contributed by atoms with Crippen molar-refractivity contribution in [3.05, 3.63) is 60.9 Å². The van der Waals surface area contributed by atoms with Gasteiger partial charge in [-0.2, -0.15) is 0 Å². The van der Waals surface area contributed by atoms with Gasteiger partial charge in [0.2, 0.25) is 0 Å². The third kappa shape index (κ3) is 2.81. The summed E-state index contributed by atoms with van der Waals surface area (Å²) in [5, 5.41) is 2.85. The van der Waals surface area contributed by atoms with E-state index >= 15 is 0 Å². The molecule has 1 aromatic heterocycles. The summed E-state index contributed by atoms with van der Waals surface area (Å²) in [4.78, 5) is 22.2. The third-order valence-electron chi connectivity index (χ3n) is 3.17. The van der Waals surface area contributed by atoms with Gasteiger partial charge in [-0.15, -0.1) is 0 Å². The zero-order chi connectivity index (χ0) is 14.7. The Morgan fingerprint density at radius 2 is 1.71 bits per heavy atom. The first-order chi connectivity index (χ1) is 10.2. The van der Waals surface area contributed by atoms with E-state index in [4.69, 9.17) is 0 Å². The second kappa shape index (κ2) is 5.58. The highest BCUT2D eigenvalue weighted by Crippen LogP contribution is 2.17. The summed E-state index contributed by atoms with van der Waals surface area (Å²) < 4.78 is 0. The van der Waals surface area contributed by atoms with Crippen molar-refractivity contribution < 1.29 is 4.79 Å². The quantitative estimate of drug-likeness (QED) is 0.782. The van der Waals surface area contributed by atoms with Crippen molar-refractivity contribution in [2.24, 2.45) is 0 Å². The van der Waals surface area contributed by atoms with Crippen molar-refractivity contribution in [1.82, 2.24) is 9.97 Å². The zero-order valence-corrected chi connectivity index (χ0v) is 11.5. The third-order valence-corrected chi connectivity index (χ3v) is 3.17. The van der Waals surface area contributed by atoms with Crippen molar-refractivity contribution >= 4 is 28.4 Å². The smallest absolute Gasteiger partial charge is 0.307 e. The molecule has 0 saturated heterocycles. The SMILES string of the molecule is CN(C(=O)Nc1ccc2nccnc2c1)c1ccccc1. The van der Waals surface area contributed by atoms with E-state index in [9.17, 15) is 4.79 Å². The molecule has 0 saturated carbocycles. The molecule has 0 bridgehead atoms. The molecular weight excluding hydrogens is 264 g/mol. The lowest BCUT2D eigenvalue weighted by molar-refractivity contribution is 0.258. The zero-order valence-electron chi connectivity index (χ0n) is 11.5. The van der Waals surface area contributed by atoms with E-state index in [0.717, 1.165) is 16.7 Å². The molecule has 21 heavy (non-hydrogen) atoms. The monoisotopic (exact) mass is 278 g/mol. The van der Waals surface area contributed by atoms with Gasteiger partial charge in [0, 0.05) is 30.8 Å². The van der Waals surface area contributed by atoms with E-state index < -0.39 is 0 Å². The lowest BCUT2D eigenvalue weighted by Crippen LogP contribution is -2.31. The van der Waals surface area contributed by atoms with Crippen LogP contribution in [0.2, 0.25) is 0 Å². The highest BCUT2D eigenvalue weighted by atomic mass is 16.2. The number of aromatic nitrogens is 2. The summed E-state index contributed by atoms with van der Waals surface area (Å²) in [6.45, 7) is 0. The molecule has 2 aromatic carbocycles. The molecule has 0 radical (unpaired) electrons. The maximum atomic E-state index is 12.2. The van der Waals surface area contributed by atoms with Crippen LogP contribution in [0.1, 0.15) is 0 Å². The van der Waals surface area contributed by atoms with E-state index in [1.807, 2.05) is 42.5 Å². The van der Waals surface area contributed by atoms with Gasteiger partial charge in [0.25, 0.3) is 0 Å². The molecule has 0 aliphatic carbocycles. The Kier molecular flexibility index (Phi) is 3.47. The summed E-state index contributed by atoms with van der Waals surface area (Å²) >= 11 is 0. The molecule has 5 nitrogen and oxygen atoms in total. The van der Waals surface area contributed by atoms with Crippen LogP contribution in [0.4, 0.5) is 16.2 Å². The number of nitrogens with one attached hydrogen (secondary N) is 1. The Morgan fingerprint density at radius 3 is 2.48 bits per heavy atom. The molecule has 5 heteroatoms. The molecule has 0 aliphatic rings. The van der Waals surface area contributed by atoms with Gasteiger partial charge < -0.3 is 5.32 Å². The lowest BCUT2D eigenvalue weighted by Gasteiger charge is -2.18. The number of carbonyl (C=O) groups excluding carboxylic acids is 1. The molecular formula is C16H14N4O. The fourth-order valence-electron chi connectivity index (χ4n) is 2.02. The van der Waals surface area contributed by atoms with E-state index in [2.05, 4.69) is 15.3 Å². The van der Waals surface area contributed by atoms with Crippen LogP contribution in [0.3, 0.4) is 0 Å². The number of nitrogens with zero attached hydrogens (tertiary/aromatic N) is 3. The number of hydrogen-bond donors (Lipinski definition) is 1. The number of urea groups is 1. The van der Waals surface area contributed by atoms with Gasteiger partial charge in [-0.1, -0.05) is 18.2 Å². The van der Waals surface area contributed by atoms with Crippen LogP contribution in [-0.4, -0.2) is 23.0 Å². The van der Waals surface area contributed by atoms with Gasteiger partial charge in [-0.3, -0.25) is 14.9 Å². The van der Waals surface area contributed by atoms with Crippen LogP contribution in [0.25, 0.3) is 11.0 Å². The number of anilines is 2. The summed E-state index contributed by atoms with van der Waals surface area (Å²) in [5.41, 5.74) is 3.07. The number of hydrogen-bond acceptors (Lipinski definition) is 3. The van der Waals surface area contributed by atoms with Crippen molar-refractivity contribution in [3.8, 4) is 0 Å². The van der Waals surface area contributed by atoms with Gasteiger partial charge in [0.1, 0.15) is 0 Å². The molecule has 3 aromatic rings. The number of amides is 2. The first-order valence-corrected chi connectivity index (χ1v) is 6.54. The summed E-state index contributed by atoms with van der Waals surface area (Å²) in [6, 6.07) is 14.7. The van der Waals surface area contributed by atoms with E-state index in [1.165, 1.54) is 0 Å². The molecule has 0 aliphatic heterocycles. The molecule has 1 heterocycles. The minimum Gasteiger partial charge on any atom is -0.307 e. The lowest BCUT2D eigenvalue weighted by atomic mass is 10.2. The standard InChI is InChI=1S/C16H14N4O/c1-20(13-5-3-2-4-6-13)16(21)19-12-7-8-14-15(11-12)18-10-9-17-14/h2-11H,1H3,(H,19,21). The Bertz CT molecular complexity index is 773. The Hall–Kier alpha value is -2.95. The summed E-state index contributed by atoms with van der Waals surface area (Å²) in [5.74, 6) is 0. The predicted molar refractivity (Wildman–Crippen MR) is 83.4 cm³/mol. The first-order valence-electron chi connectivity index (χ1n) is 6.54. The second-order valence-corrected chi connectivity index (χ2v) is 4.58. The van der Waals surface area contributed by atoms with Crippen molar-refractivity contribution in [2.75, 3.05) is 17.3 Å². The molecule has 2 amide bonds. The Morgan fingerprint density at radius 1 is 1.00 bits per heavy atom. The minimum atomic E-state index is -0.204. The average molecular weight is 278 g/mol. The molecule has 104 valence electrons. The van der Waals surface area contributed by atoms with Crippen molar-refractivity contribution in [1.29, 1.82) is 0 Å². The van der Waals surface area contributed by atoms with Crippen molar-refractivity contribution in [3.63, 3.8) is 0 Å². The summed E-state index contributed by atoms with van der Waals surface area (Å²) in [6.07, 6.45) is 3.27. The van der Waals surface area contributed by atoms with Gasteiger partial charge in [0.05, 0.1) is 11.0 Å². The molecule has 1 N–H and O–H groups in total. The van der Waals surface area contributed by atoms with Crippen LogP contribution in [0.5, 0.6) is 0 Å². The normalized spacial score (nSPS) is 10.3. The fraction of sp³-hybridized carbons (Fsp3) is 0.0625. The molecule has 0 fully saturated rings. The van der Waals surface area contributed by atoms with Crippen LogP contribution in [0.15, 0.2) is 60.9 Å². The summed E-state index contributed by atoms with van der Waals surface area (Å²) in [7, 11) is 1.73. The molecule has 0 spiro atoms. The topological polar surface area (TPSA) is 58.1 Å². The molecule has 3 rings (SSSR count). The van der Waals surface area contributed by atoms with Crippen LogP contribution in [-0.2, 0) is 0 Å². The number of fused-ring (bicyclic) bond motifs is 1. The Labute approximate surface area is 122 Å². The Balaban J connectivity index is 1.80. The highest BCUT2D eigenvalue weighted by molar-refractivity contribution is 6.02. The first kappa shape index (κ1) is 13.1. The number of rotatable bonds is 2. The van der Waals surface area contributed by atoms with Crippen molar-refractivity contribution in [2.45, 2.75) is 0 Å². The number of benzene rings is 2. The van der Waals surface area contributed by atoms with Gasteiger partial charge in [0.15, 0.2) is 0 Å². The van der Waals surface area contributed by atoms with E-state index in [-0.39, 0.29) is 6.03 Å². The van der Waals surface area contributed by atoms with Gasteiger partial charge in [-0.05, 0) is 30.3 Å². The largest absolute Gasteiger partial charge is 0.326 e. The van der Waals surface area contributed by atoms with E-state index in [1.54, 1.807) is 30.4 Å². The van der Waals surface area contributed by atoms with Crippen LogP contribution >= 0.6 is 0 Å². The maximum absolute atomic E-state index is 12.2. The number of para-hydroxylation sites is 1. The fourth-order valence-corrected chi connectivity index (χ4v) is 2.02.